The van der Waals surface area contributed by atoms with Crippen LogP contribution in [0.25, 0.3) is 6.08 Å². The highest BCUT2D eigenvalue weighted by Crippen LogP contribution is 2.35. The molecule has 3 rings (SSSR count). The molecule has 1 fully saturated rings. The molecule has 7 nitrogen and oxygen atoms in total. The lowest BCUT2D eigenvalue weighted by atomic mass is 10.1. The number of nitrogens with zero attached hydrogens (tertiary/aromatic N) is 1. The Hall–Kier alpha value is -2.91. The minimum Gasteiger partial charge on any atom is -0.504 e. The molecule has 0 radical (unpaired) electrons. The molecular formula is C19H15BrN2O5S. The van der Waals surface area contributed by atoms with E-state index >= 15 is 0 Å². The number of ether oxygens (including phenoxy) is 2. The van der Waals surface area contributed by atoms with Gasteiger partial charge in [-0.15, -0.1) is 0 Å². The molecular weight excluding hydrogens is 448 g/mol. The van der Waals surface area contributed by atoms with E-state index in [1.807, 2.05) is 0 Å². The van der Waals surface area contributed by atoms with Crippen molar-refractivity contribution >= 4 is 56.8 Å². The topological polar surface area (TPSA) is 88.1 Å². The van der Waals surface area contributed by atoms with E-state index in [1.165, 1.54) is 37.3 Å². The van der Waals surface area contributed by atoms with Crippen LogP contribution in [0.4, 0.5) is 5.69 Å². The number of anilines is 1. The lowest BCUT2D eigenvalue weighted by molar-refractivity contribution is -0.122. The average molecular weight is 463 g/mol. The molecule has 1 heterocycles. The van der Waals surface area contributed by atoms with Crippen LogP contribution in [0.5, 0.6) is 17.2 Å². The Bertz CT molecular complexity index is 1020. The van der Waals surface area contributed by atoms with Crippen LogP contribution in [0, 0.1) is 0 Å². The first-order chi connectivity index (χ1) is 13.4. The summed E-state index contributed by atoms with van der Waals surface area (Å²) in [6.07, 6.45) is 1.40. The van der Waals surface area contributed by atoms with Crippen LogP contribution in [-0.2, 0) is 9.59 Å². The molecule has 144 valence electrons. The summed E-state index contributed by atoms with van der Waals surface area (Å²) in [5.74, 6) is -0.665. The monoisotopic (exact) mass is 462 g/mol. The standard InChI is InChI=1S/C19H15BrN2O5S/c1-26-15-6-4-3-5-13(15)22-18(25)11(17(24)21-19(22)28)7-10-8-16(27-2)14(23)9-12(10)20/h3-9,23H,1-2H3,(H,21,24,28)/b11-7+. The Morgan fingerprint density at radius 3 is 2.50 bits per heavy atom. The van der Waals surface area contributed by atoms with Gasteiger partial charge in [0.1, 0.15) is 11.3 Å². The summed E-state index contributed by atoms with van der Waals surface area (Å²) in [5.41, 5.74) is 0.752. The van der Waals surface area contributed by atoms with E-state index in [4.69, 9.17) is 21.7 Å². The Morgan fingerprint density at radius 2 is 1.82 bits per heavy atom. The minimum atomic E-state index is -0.625. The van der Waals surface area contributed by atoms with Gasteiger partial charge in [0.15, 0.2) is 16.6 Å². The van der Waals surface area contributed by atoms with Gasteiger partial charge in [0.25, 0.3) is 11.8 Å². The first-order valence-corrected chi connectivity index (χ1v) is 9.18. The molecule has 0 unspecified atom stereocenters. The second-order valence-corrected chi connectivity index (χ2v) is 6.92. The summed E-state index contributed by atoms with van der Waals surface area (Å²) in [6, 6.07) is 9.76. The highest BCUT2D eigenvalue weighted by Gasteiger charge is 2.35. The van der Waals surface area contributed by atoms with E-state index in [2.05, 4.69) is 21.2 Å². The number of hydrogen-bond donors (Lipinski definition) is 2. The largest absolute Gasteiger partial charge is 0.504 e. The molecule has 1 saturated heterocycles. The average Bonchev–Trinajstić information content (AvgIpc) is 2.66. The number of methoxy groups -OCH3 is 2. The number of carbonyl (C=O) groups excluding carboxylic acids is 2. The lowest BCUT2D eigenvalue weighted by Crippen LogP contribution is -2.54. The molecule has 2 aromatic carbocycles. The molecule has 28 heavy (non-hydrogen) atoms. The maximum atomic E-state index is 13.1. The van der Waals surface area contributed by atoms with E-state index in [9.17, 15) is 14.7 Å². The molecule has 0 bridgehead atoms. The van der Waals surface area contributed by atoms with Crippen molar-refractivity contribution in [3.05, 3.63) is 52.0 Å². The van der Waals surface area contributed by atoms with E-state index in [0.29, 0.717) is 21.5 Å². The van der Waals surface area contributed by atoms with Crippen molar-refractivity contribution in [2.75, 3.05) is 19.1 Å². The van der Waals surface area contributed by atoms with Crippen LogP contribution in [0.1, 0.15) is 5.56 Å². The minimum absolute atomic E-state index is 0.0426. The van der Waals surface area contributed by atoms with Gasteiger partial charge >= 0.3 is 0 Å². The number of carbonyl (C=O) groups is 2. The third-order valence-corrected chi connectivity index (χ3v) is 5.00. The van der Waals surface area contributed by atoms with Gasteiger partial charge in [0.05, 0.1) is 19.9 Å². The number of nitrogens with one attached hydrogen (secondary N) is 1. The van der Waals surface area contributed by atoms with Gasteiger partial charge in [-0.2, -0.15) is 0 Å². The third kappa shape index (κ3) is 3.58. The zero-order chi connectivity index (χ0) is 20.4. The van der Waals surface area contributed by atoms with E-state index in [1.54, 1.807) is 24.3 Å². The molecule has 0 aliphatic carbocycles. The number of rotatable bonds is 4. The van der Waals surface area contributed by atoms with Gasteiger partial charge in [0, 0.05) is 4.47 Å². The summed E-state index contributed by atoms with van der Waals surface area (Å²) in [5, 5.41) is 12.3. The second-order valence-electron chi connectivity index (χ2n) is 5.68. The Balaban J connectivity index is 2.09. The van der Waals surface area contributed by atoms with Gasteiger partial charge in [-0.3, -0.25) is 14.9 Å². The van der Waals surface area contributed by atoms with Crippen molar-refractivity contribution in [3.8, 4) is 17.2 Å². The fraction of sp³-hybridized carbons (Fsp3) is 0.105. The second kappa shape index (κ2) is 7.99. The van der Waals surface area contributed by atoms with Gasteiger partial charge in [-0.25, -0.2) is 4.90 Å². The smallest absolute Gasteiger partial charge is 0.270 e. The number of halogens is 1. The first kappa shape index (κ1) is 19.8. The fourth-order valence-corrected chi connectivity index (χ4v) is 3.40. The summed E-state index contributed by atoms with van der Waals surface area (Å²) < 4.78 is 10.9. The Kier molecular flexibility index (Phi) is 5.66. The van der Waals surface area contributed by atoms with Crippen molar-refractivity contribution in [3.63, 3.8) is 0 Å². The number of phenolic OH excluding ortho intramolecular Hbond substituents is 1. The fourth-order valence-electron chi connectivity index (χ4n) is 2.68. The summed E-state index contributed by atoms with van der Waals surface area (Å²) in [7, 11) is 2.88. The predicted molar refractivity (Wildman–Crippen MR) is 112 cm³/mol. The van der Waals surface area contributed by atoms with Crippen LogP contribution in [0.15, 0.2) is 46.4 Å². The maximum absolute atomic E-state index is 13.1. The first-order valence-electron chi connectivity index (χ1n) is 7.98. The van der Waals surface area contributed by atoms with Crippen LogP contribution in [0.3, 0.4) is 0 Å². The van der Waals surface area contributed by atoms with Crippen molar-refractivity contribution in [2.24, 2.45) is 0 Å². The number of thiocarbonyl (C=S) groups is 1. The molecule has 2 amide bonds. The number of phenols is 1. The number of para-hydroxylation sites is 2. The van der Waals surface area contributed by atoms with Gasteiger partial charge in [-0.05, 0) is 48.1 Å². The number of aromatic hydroxyl groups is 1. The van der Waals surface area contributed by atoms with E-state index < -0.39 is 11.8 Å². The van der Waals surface area contributed by atoms with Crippen molar-refractivity contribution in [1.29, 1.82) is 0 Å². The molecule has 0 spiro atoms. The maximum Gasteiger partial charge on any atom is 0.270 e. The molecule has 9 heteroatoms. The Labute approximate surface area is 174 Å². The molecule has 1 aliphatic heterocycles. The quantitative estimate of drug-likeness (QED) is 0.412. The van der Waals surface area contributed by atoms with Crippen LogP contribution >= 0.6 is 28.1 Å². The van der Waals surface area contributed by atoms with Crippen molar-refractivity contribution in [2.45, 2.75) is 0 Å². The van der Waals surface area contributed by atoms with E-state index in [-0.39, 0.29) is 22.2 Å². The van der Waals surface area contributed by atoms with Gasteiger partial charge < -0.3 is 14.6 Å². The molecule has 0 aromatic heterocycles. The Morgan fingerprint density at radius 1 is 1.14 bits per heavy atom. The predicted octanol–water partition coefficient (Wildman–Crippen LogP) is 3.00. The van der Waals surface area contributed by atoms with Crippen molar-refractivity contribution < 1.29 is 24.2 Å². The molecule has 2 aromatic rings. The van der Waals surface area contributed by atoms with Crippen molar-refractivity contribution in [1.82, 2.24) is 5.32 Å². The van der Waals surface area contributed by atoms with Crippen LogP contribution < -0.4 is 19.7 Å². The zero-order valence-electron chi connectivity index (χ0n) is 14.9. The van der Waals surface area contributed by atoms with Crippen LogP contribution in [-0.4, -0.2) is 36.3 Å². The number of benzene rings is 2. The number of amides is 2. The SMILES string of the molecule is COc1cc(/C=C2\C(=O)NC(=S)N(c3ccccc3OC)C2=O)c(Br)cc1O. The molecule has 1 aliphatic rings. The lowest BCUT2D eigenvalue weighted by Gasteiger charge is -2.29. The highest BCUT2D eigenvalue weighted by atomic mass is 79.9. The normalized spacial score (nSPS) is 15.6. The summed E-state index contributed by atoms with van der Waals surface area (Å²) in [6.45, 7) is 0. The van der Waals surface area contributed by atoms with Gasteiger partial charge in [-0.1, -0.05) is 28.1 Å². The highest BCUT2D eigenvalue weighted by molar-refractivity contribution is 9.10. The van der Waals surface area contributed by atoms with E-state index in [0.717, 1.165) is 0 Å². The summed E-state index contributed by atoms with van der Waals surface area (Å²) >= 11 is 8.51. The zero-order valence-corrected chi connectivity index (χ0v) is 17.3. The molecule has 0 atom stereocenters. The third-order valence-electron chi connectivity index (χ3n) is 4.03. The summed E-state index contributed by atoms with van der Waals surface area (Å²) in [4.78, 5) is 26.8. The van der Waals surface area contributed by atoms with Gasteiger partial charge in [0.2, 0.25) is 0 Å². The van der Waals surface area contributed by atoms with Crippen LogP contribution in [0.2, 0.25) is 0 Å². The number of hydrogen-bond acceptors (Lipinski definition) is 6. The molecule has 0 saturated carbocycles. The molecule has 2 N–H and O–H groups in total.